The summed E-state index contributed by atoms with van der Waals surface area (Å²) in [5, 5.41) is 20.9. The number of amides is 3. The summed E-state index contributed by atoms with van der Waals surface area (Å²) in [7, 11) is 1.46. The molecule has 0 radical (unpaired) electrons. The largest absolute Gasteiger partial charge is 0.480 e. The van der Waals surface area contributed by atoms with Crippen molar-refractivity contribution >= 4 is 17.9 Å². The van der Waals surface area contributed by atoms with Crippen molar-refractivity contribution in [1.29, 1.82) is 0 Å². The van der Waals surface area contributed by atoms with E-state index in [0.29, 0.717) is 0 Å². The van der Waals surface area contributed by atoms with Gasteiger partial charge in [-0.2, -0.15) is 0 Å². The Morgan fingerprint density at radius 1 is 1.42 bits per heavy atom. The summed E-state index contributed by atoms with van der Waals surface area (Å²) in [4.78, 5) is 36.9. The Bertz CT molecular complexity index is 373. The van der Waals surface area contributed by atoms with Gasteiger partial charge in [-0.3, -0.25) is 4.79 Å². The van der Waals surface area contributed by atoms with E-state index in [4.69, 9.17) is 5.11 Å². The predicted octanol–water partition coefficient (Wildman–Crippen LogP) is -1.31. The van der Waals surface area contributed by atoms with Gasteiger partial charge in [0.1, 0.15) is 12.6 Å². The number of rotatable bonds is 4. The number of nitrogens with one attached hydrogen (secondary N) is 1. The van der Waals surface area contributed by atoms with Crippen LogP contribution in [0, 0.1) is 0 Å². The highest BCUT2D eigenvalue weighted by atomic mass is 16.4. The van der Waals surface area contributed by atoms with Crippen LogP contribution in [0.5, 0.6) is 0 Å². The molecule has 0 spiro atoms. The van der Waals surface area contributed by atoms with E-state index in [1.165, 1.54) is 11.9 Å². The highest BCUT2D eigenvalue weighted by molar-refractivity contribution is 5.87. The van der Waals surface area contributed by atoms with Crippen molar-refractivity contribution in [3.05, 3.63) is 0 Å². The molecule has 0 saturated carbocycles. The number of aliphatic hydroxyl groups excluding tert-OH is 1. The first-order chi connectivity index (χ1) is 8.90. The average Bonchev–Trinajstić information content (AvgIpc) is 2.77. The molecule has 8 heteroatoms. The van der Waals surface area contributed by atoms with E-state index in [-0.39, 0.29) is 32.0 Å². The van der Waals surface area contributed by atoms with Crippen LogP contribution in [0.25, 0.3) is 0 Å². The Balaban J connectivity index is 2.78. The standard InChI is InChI=1S/C11H19N3O5/c1-3-13(6-9(16)12-2)11(19)14-5-7(15)4-8(14)10(17)18/h7-8,15H,3-6H2,1-2H3,(H,12,16)(H,17,18)/t7-,8-/m1/s1. The highest BCUT2D eigenvalue weighted by Gasteiger charge is 2.40. The van der Waals surface area contributed by atoms with Crippen molar-refractivity contribution in [2.24, 2.45) is 0 Å². The molecule has 1 saturated heterocycles. The van der Waals surface area contributed by atoms with Crippen molar-refractivity contribution in [3.8, 4) is 0 Å². The van der Waals surface area contributed by atoms with E-state index in [0.717, 1.165) is 4.90 Å². The highest BCUT2D eigenvalue weighted by Crippen LogP contribution is 2.19. The number of likely N-dealkylation sites (N-methyl/N-ethyl adjacent to an activating group) is 2. The Labute approximate surface area is 111 Å². The summed E-state index contributed by atoms with van der Waals surface area (Å²) < 4.78 is 0. The number of carboxylic acid groups (broad SMARTS) is 1. The van der Waals surface area contributed by atoms with Crippen molar-refractivity contribution in [3.63, 3.8) is 0 Å². The van der Waals surface area contributed by atoms with Crippen LogP contribution in [0.1, 0.15) is 13.3 Å². The summed E-state index contributed by atoms with van der Waals surface area (Å²) in [6.07, 6.45) is -0.831. The third-order valence-electron chi connectivity index (χ3n) is 3.08. The maximum absolute atomic E-state index is 12.2. The van der Waals surface area contributed by atoms with Crippen LogP contribution in [-0.4, -0.2) is 76.7 Å². The molecule has 0 aliphatic carbocycles. The molecular weight excluding hydrogens is 254 g/mol. The molecule has 108 valence electrons. The summed E-state index contributed by atoms with van der Waals surface area (Å²) >= 11 is 0. The predicted molar refractivity (Wildman–Crippen MR) is 65.5 cm³/mol. The Hall–Kier alpha value is -1.83. The summed E-state index contributed by atoms with van der Waals surface area (Å²) in [5.41, 5.74) is 0. The molecule has 1 aliphatic heterocycles. The Kier molecular flexibility index (Phi) is 5.11. The lowest BCUT2D eigenvalue weighted by molar-refractivity contribution is -0.141. The number of likely N-dealkylation sites (tertiary alicyclic amines) is 1. The number of urea groups is 1. The lowest BCUT2D eigenvalue weighted by Gasteiger charge is -2.28. The number of nitrogens with zero attached hydrogens (tertiary/aromatic N) is 2. The summed E-state index contributed by atoms with van der Waals surface area (Å²) in [6.45, 7) is 1.82. The molecule has 1 aliphatic rings. The van der Waals surface area contributed by atoms with Gasteiger partial charge in [0.05, 0.1) is 6.10 Å². The van der Waals surface area contributed by atoms with E-state index in [1.807, 2.05) is 0 Å². The van der Waals surface area contributed by atoms with E-state index in [9.17, 15) is 19.5 Å². The van der Waals surface area contributed by atoms with Crippen molar-refractivity contribution in [2.45, 2.75) is 25.5 Å². The zero-order valence-corrected chi connectivity index (χ0v) is 11.0. The molecule has 3 N–H and O–H groups in total. The number of carbonyl (C=O) groups is 3. The number of aliphatic carboxylic acids is 1. The van der Waals surface area contributed by atoms with Gasteiger partial charge in [0.2, 0.25) is 5.91 Å². The van der Waals surface area contributed by atoms with Gasteiger partial charge in [0, 0.05) is 26.6 Å². The van der Waals surface area contributed by atoms with Gasteiger partial charge in [-0.1, -0.05) is 0 Å². The van der Waals surface area contributed by atoms with Crippen LogP contribution in [0.3, 0.4) is 0 Å². The van der Waals surface area contributed by atoms with E-state index < -0.39 is 24.1 Å². The third kappa shape index (κ3) is 3.57. The quantitative estimate of drug-likeness (QED) is 0.589. The normalized spacial score (nSPS) is 22.2. The zero-order chi connectivity index (χ0) is 14.6. The summed E-state index contributed by atoms with van der Waals surface area (Å²) in [5.74, 6) is -1.48. The number of carbonyl (C=O) groups excluding carboxylic acids is 2. The van der Waals surface area contributed by atoms with Gasteiger partial charge < -0.3 is 25.3 Å². The second-order valence-electron chi connectivity index (χ2n) is 4.37. The SMILES string of the molecule is CCN(CC(=O)NC)C(=O)N1C[C@H](O)C[C@@H]1C(=O)O. The van der Waals surface area contributed by atoms with Gasteiger partial charge in [-0.25, -0.2) is 9.59 Å². The monoisotopic (exact) mass is 273 g/mol. The number of aliphatic hydroxyl groups is 1. The van der Waals surface area contributed by atoms with Gasteiger partial charge in [-0.15, -0.1) is 0 Å². The lowest BCUT2D eigenvalue weighted by Crippen LogP contribution is -2.50. The minimum absolute atomic E-state index is 0.0125. The number of hydrogen-bond acceptors (Lipinski definition) is 4. The molecule has 1 rings (SSSR count). The van der Waals surface area contributed by atoms with Crippen LogP contribution in [0.4, 0.5) is 4.79 Å². The van der Waals surface area contributed by atoms with Gasteiger partial charge in [0.25, 0.3) is 0 Å². The average molecular weight is 273 g/mol. The maximum Gasteiger partial charge on any atom is 0.326 e. The Morgan fingerprint density at radius 3 is 2.53 bits per heavy atom. The molecule has 8 nitrogen and oxygen atoms in total. The molecule has 0 bridgehead atoms. The fourth-order valence-electron chi connectivity index (χ4n) is 2.01. The second kappa shape index (κ2) is 6.37. The molecule has 1 heterocycles. The molecule has 19 heavy (non-hydrogen) atoms. The number of β-amino-alcohol motifs (C(OH)–C–C–N with tert-alkyl or cyclic N) is 1. The van der Waals surface area contributed by atoms with Crippen molar-refractivity contribution < 1.29 is 24.6 Å². The molecule has 0 aromatic heterocycles. The Morgan fingerprint density at radius 2 is 2.05 bits per heavy atom. The first kappa shape index (κ1) is 15.2. The molecule has 3 amide bonds. The fraction of sp³-hybridized carbons (Fsp3) is 0.727. The van der Waals surface area contributed by atoms with Gasteiger partial charge in [0.15, 0.2) is 0 Å². The van der Waals surface area contributed by atoms with Gasteiger partial charge in [-0.05, 0) is 6.92 Å². The maximum atomic E-state index is 12.2. The number of hydrogen-bond donors (Lipinski definition) is 3. The van der Waals surface area contributed by atoms with Crippen LogP contribution in [0.2, 0.25) is 0 Å². The van der Waals surface area contributed by atoms with Crippen molar-refractivity contribution in [1.82, 2.24) is 15.1 Å². The topological polar surface area (TPSA) is 110 Å². The third-order valence-corrected chi connectivity index (χ3v) is 3.08. The van der Waals surface area contributed by atoms with E-state index in [2.05, 4.69) is 5.32 Å². The van der Waals surface area contributed by atoms with E-state index >= 15 is 0 Å². The first-order valence-electron chi connectivity index (χ1n) is 6.07. The van der Waals surface area contributed by atoms with Crippen molar-refractivity contribution in [2.75, 3.05) is 26.7 Å². The minimum Gasteiger partial charge on any atom is -0.480 e. The van der Waals surface area contributed by atoms with Crippen LogP contribution >= 0.6 is 0 Å². The summed E-state index contributed by atoms with van der Waals surface area (Å²) in [6, 6.07) is -1.59. The molecule has 0 aromatic rings. The van der Waals surface area contributed by atoms with Gasteiger partial charge >= 0.3 is 12.0 Å². The molecule has 2 atom stereocenters. The van der Waals surface area contributed by atoms with Crippen LogP contribution in [0.15, 0.2) is 0 Å². The van der Waals surface area contributed by atoms with E-state index in [1.54, 1.807) is 6.92 Å². The molecule has 0 unspecified atom stereocenters. The minimum atomic E-state index is -1.15. The smallest absolute Gasteiger partial charge is 0.326 e. The first-order valence-corrected chi connectivity index (χ1v) is 6.07. The van der Waals surface area contributed by atoms with Crippen LogP contribution in [-0.2, 0) is 9.59 Å². The molecule has 1 fully saturated rings. The fourth-order valence-corrected chi connectivity index (χ4v) is 2.01. The number of carboxylic acids is 1. The van der Waals surface area contributed by atoms with Crippen LogP contribution < -0.4 is 5.32 Å². The zero-order valence-electron chi connectivity index (χ0n) is 11.0. The lowest BCUT2D eigenvalue weighted by atomic mass is 10.2. The molecular formula is C11H19N3O5. The second-order valence-corrected chi connectivity index (χ2v) is 4.37. The molecule has 0 aromatic carbocycles.